The third kappa shape index (κ3) is 2.13. The van der Waals surface area contributed by atoms with Crippen molar-refractivity contribution in [2.24, 2.45) is 5.73 Å². The van der Waals surface area contributed by atoms with Gasteiger partial charge in [0.1, 0.15) is 6.04 Å². The van der Waals surface area contributed by atoms with Gasteiger partial charge in [0.15, 0.2) is 5.82 Å². The summed E-state index contributed by atoms with van der Waals surface area (Å²) < 4.78 is 5.23. The molecule has 1 saturated carbocycles. The smallest absolute Gasteiger partial charge is 0.245 e. The molecular formula is C15H19N3O2. The summed E-state index contributed by atoms with van der Waals surface area (Å²) in [7, 11) is 0. The van der Waals surface area contributed by atoms with Crippen LogP contribution in [0.4, 0.5) is 0 Å². The number of rotatable bonds is 4. The van der Waals surface area contributed by atoms with Crippen LogP contribution in [0.15, 0.2) is 34.9 Å². The summed E-state index contributed by atoms with van der Waals surface area (Å²) >= 11 is 0. The van der Waals surface area contributed by atoms with Crippen LogP contribution >= 0.6 is 0 Å². The second kappa shape index (κ2) is 5.34. The van der Waals surface area contributed by atoms with Crippen molar-refractivity contribution in [3.05, 3.63) is 47.6 Å². The average molecular weight is 273 g/mol. The lowest BCUT2D eigenvalue weighted by atomic mass is 9.78. The molecular weight excluding hydrogens is 254 g/mol. The minimum atomic E-state index is -0.606. The van der Waals surface area contributed by atoms with Crippen molar-refractivity contribution in [1.82, 2.24) is 10.1 Å². The van der Waals surface area contributed by atoms with Gasteiger partial charge in [0.25, 0.3) is 0 Å². The van der Waals surface area contributed by atoms with Crippen LogP contribution in [0, 0.1) is 0 Å². The largest absolute Gasteiger partial charge is 0.394 e. The van der Waals surface area contributed by atoms with E-state index < -0.39 is 6.04 Å². The molecule has 3 N–H and O–H groups in total. The maximum absolute atomic E-state index is 9.09. The molecule has 1 fully saturated rings. The van der Waals surface area contributed by atoms with E-state index in [4.69, 9.17) is 15.4 Å². The summed E-state index contributed by atoms with van der Waals surface area (Å²) in [5, 5.41) is 13.2. The van der Waals surface area contributed by atoms with E-state index in [-0.39, 0.29) is 12.0 Å². The number of benzene rings is 1. The fourth-order valence-electron chi connectivity index (χ4n) is 3.04. The third-order valence-corrected chi connectivity index (χ3v) is 4.17. The van der Waals surface area contributed by atoms with E-state index in [1.807, 2.05) is 18.2 Å². The molecule has 0 aliphatic heterocycles. The van der Waals surface area contributed by atoms with Gasteiger partial charge in [-0.1, -0.05) is 48.3 Å². The van der Waals surface area contributed by atoms with E-state index in [0.29, 0.717) is 11.7 Å². The number of hydrogen-bond donors (Lipinski definition) is 2. The number of hydrogen-bond acceptors (Lipinski definition) is 5. The molecule has 5 nitrogen and oxygen atoms in total. The lowest BCUT2D eigenvalue weighted by Crippen LogP contribution is -2.25. The number of aliphatic hydroxyl groups is 1. The zero-order valence-electron chi connectivity index (χ0n) is 11.3. The number of aromatic nitrogens is 2. The maximum atomic E-state index is 9.09. The van der Waals surface area contributed by atoms with E-state index in [1.165, 1.54) is 5.56 Å². The monoisotopic (exact) mass is 273 g/mol. The molecule has 5 heteroatoms. The first-order valence-corrected chi connectivity index (χ1v) is 7.02. The van der Waals surface area contributed by atoms with E-state index >= 15 is 0 Å². The molecule has 0 radical (unpaired) electrons. The standard InChI is InChI=1S/C15H19N3O2/c16-12(10-19)13-17-14(18-20-13)15(8-4-5-9-15)11-6-2-1-3-7-11/h1-3,6-7,12,19H,4-5,8-10,16H2/t12-/m0/s1. The summed E-state index contributed by atoms with van der Waals surface area (Å²) in [5.41, 5.74) is 6.80. The molecule has 1 aliphatic rings. The van der Waals surface area contributed by atoms with Gasteiger partial charge in [0.2, 0.25) is 5.89 Å². The average Bonchev–Trinajstić information content (AvgIpc) is 3.17. The van der Waals surface area contributed by atoms with Crippen LogP contribution in [-0.2, 0) is 5.41 Å². The first-order valence-electron chi connectivity index (χ1n) is 7.02. The Hall–Kier alpha value is -1.72. The van der Waals surface area contributed by atoms with Gasteiger partial charge in [0, 0.05) is 0 Å². The van der Waals surface area contributed by atoms with Crippen molar-refractivity contribution in [2.45, 2.75) is 37.1 Å². The Morgan fingerprint density at radius 3 is 2.60 bits per heavy atom. The summed E-state index contributed by atoms with van der Waals surface area (Å²) in [6, 6.07) is 9.72. The Morgan fingerprint density at radius 1 is 1.25 bits per heavy atom. The highest BCUT2D eigenvalue weighted by molar-refractivity contribution is 5.33. The number of nitrogens with two attached hydrogens (primary N) is 1. The zero-order chi connectivity index (χ0) is 14.0. The van der Waals surface area contributed by atoms with Crippen molar-refractivity contribution in [2.75, 3.05) is 6.61 Å². The summed E-state index contributed by atoms with van der Waals surface area (Å²) in [6.45, 7) is -0.194. The van der Waals surface area contributed by atoms with Gasteiger partial charge in [-0.3, -0.25) is 0 Å². The van der Waals surface area contributed by atoms with Gasteiger partial charge in [-0.25, -0.2) is 0 Å². The zero-order valence-corrected chi connectivity index (χ0v) is 11.3. The summed E-state index contributed by atoms with van der Waals surface area (Å²) in [4.78, 5) is 4.45. The van der Waals surface area contributed by atoms with E-state index in [2.05, 4.69) is 22.3 Å². The van der Waals surface area contributed by atoms with Gasteiger partial charge in [0.05, 0.1) is 12.0 Å². The number of aliphatic hydroxyl groups excluding tert-OH is 1. The van der Waals surface area contributed by atoms with E-state index in [0.717, 1.165) is 25.7 Å². The first-order chi connectivity index (χ1) is 9.76. The predicted octanol–water partition coefficient (Wildman–Crippen LogP) is 1.92. The Kier molecular flexibility index (Phi) is 3.54. The van der Waals surface area contributed by atoms with Crippen molar-refractivity contribution in [3.63, 3.8) is 0 Å². The lowest BCUT2D eigenvalue weighted by molar-refractivity contribution is 0.236. The highest BCUT2D eigenvalue weighted by Gasteiger charge is 2.41. The molecule has 0 unspecified atom stereocenters. The Bertz CT molecular complexity index is 562. The Balaban J connectivity index is 2.01. The van der Waals surface area contributed by atoms with E-state index in [9.17, 15) is 0 Å². The van der Waals surface area contributed by atoms with Gasteiger partial charge in [-0.05, 0) is 18.4 Å². The maximum Gasteiger partial charge on any atom is 0.245 e. The molecule has 0 amide bonds. The van der Waals surface area contributed by atoms with Gasteiger partial charge < -0.3 is 15.4 Å². The van der Waals surface area contributed by atoms with Crippen molar-refractivity contribution in [3.8, 4) is 0 Å². The fraction of sp³-hybridized carbons (Fsp3) is 0.467. The van der Waals surface area contributed by atoms with Crippen molar-refractivity contribution >= 4 is 0 Å². The van der Waals surface area contributed by atoms with Crippen LogP contribution in [0.25, 0.3) is 0 Å². The minimum absolute atomic E-state index is 0.168. The molecule has 1 aromatic carbocycles. The molecule has 2 aromatic rings. The second-order valence-electron chi connectivity index (χ2n) is 5.40. The molecule has 1 atom stereocenters. The predicted molar refractivity (Wildman–Crippen MR) is 74.0 cm³/mol. The molecule has 1 heterocycles. The van der Waals surface area contributed by atoms with Gasteiger partial charge in [-0.15, -0.1) is 0 Å². The van der Waals surface area contributed by atoms with Crippen LogP contribution < -0.4 is 5.73 Å². The third-order valence-electron chi connectivity index (χ3n) is 4.17. The van der Waals surface area contributed by atoms with Gasteiger partial charge >= 0.3 is 0 Å². The molecule has 3 rings (SSSR count). The SMILES string of the molecule is N[C@@H](CO)c1nc(C2(c3ccccc3)CCCC2)no1. The summed E-state index contributed by atoms with van der Waals surface area (Å²) in [6.07, 6.45) is 4.35. The lowest BCUT2D eigenvalue weighted by Gasteiger charge is -2.25. The molecule has 0 spiro atoms. The van der Waals surface area contributed by atoms with Crippen LogP contribution in [0.2, 0.25) is 0 Å². The second-order valence-corrected chi connectivity index (χ2v) is 5.40. The first kappa shape index (κ1) is 13.3. The van der Waals surface area contributed by atoms with Crippen LogP contribution in [0.5, 0.6) is 0 Å². The molecule has 1 aliphatic carbocycles. The molecule has 0 saturated heterocycles. The minimum Gasteiger partial charge on any atom is -0.394 e. The normalized spacial score (nSPS) is 19.1. The van der Waals surface area contributed by atoms with Crippen LogP contribution in [0.1, 0.15) is 49.0 Å². The van der Waals surface area contributed by atoms with Gasteiger partial charge in [-0.2, -0.15) is 4.98 Å². The highest BCUT2D eigenvalue weighted by Crippen LogP contribution is 2.45. The molecule has 20 heavy (non-hydrogen) atoms. The number of nitrogens with zero attached hydrogens (tertiary/aromatic N) is 2. The topological polar surface area (TPSA) is 85.2 Å². The van der Waals surface area contributed by atoms with Crippen molar-refractivity contribution < 1.29 is 9.63 Å². The Labute approximate surface area is 117 Å². The van der Waals surface area contributed by atoms with Crippen LogP contribution in [0.3, 0.4) is 0 Å². The quantitative estimate of drug-likeness (QED) is 0.889. The van der Waals surface area contributed by atoms with Crippen LogP contribution in [-0.4, -0.2) is 21.9 Å². The van der Waals surface area contributed by atoms with E-state index in [1.54, 1.807) is 0 Å². The highest BCUT2D eigenvalue weighted by atomic mass is 16.5. The molecule has 1 aromatic heterocycles. The molecule has 106 valence electrons. The summed E-state index contributed by atoms with van der Waals surface area (Å²) in [5.74, 6) is 1.00. The van der Waals surface area contributed by atoms with Crippen molar-refractivity contribution in [1.29, 1.82) is 0 Å². The fourth-order valence-corrected chi connectivity index (χ4v) is 3.04. The Morgan fingerprint density at radius 2 is 1.95 bits per heavy atom. The molecule has 0 bridgehead atoms.